The number of nitrogens with one attached hydrogen (secondary N) is 1. The lowest BCUT2D eigenvalue weighted by Crippen LogP contribution is -2.46. The molecule has 2 nitrogen and oxygen atoms in total. The molecule has 0 radical (unpaired) electrons. The van der Waals surface area contributed by atoms with Gasteiger partial charge in [0, 0.05) is 24.5 Å². The Morgan fingerprint density at radius 2 is 2.00 bits per heavy atom. The van der Waals surface area contributed by atoms with E-state index in [1.165, 1.54) is 37.9 Å². The summed E-state index contributed by atoms with van der Waals surface area (Å²) in [6.45, 7) is 11.5. The summed E-state index contributed by atoms with van der Waals surface area (Å²) in [6.07, 6.45) is 4.03. The molecule has 20 heavy (non-hydrogen) atoms. The predicted molar refractivity (Wildman–Crippen MR) is 87.2 cm³/mol. The van der Waals surface area contributed by atoms with Crippen molar-refractivity contribution in [2.75, 3.05) is 26.2 Å². The molecular formula is C18H30N2. The van der Waals surface area contributed by atoms with Gasteiger partial charge in [0.2, 0.25) is 0 Å². The zero-order valence-electron chi connectivity index (χ0n) is 13.4. The molecule has 1 aliphatic heterocycles. The van der Waals surface area contributed by atoms with E-state index in [1.807, 2.05) is 0 Å². The van der Waals surface area contributed by atoms with E-state index in [2.05, 4.69) is 61.3 Å². The van der Waals surface area contributed by atoms with E-state index in [9.17, 15) is 0 Å². The van der Waals surface area contributed by atoms with Crippen molar-refractivity contribution in [3.8, 4) is 0 Å². The first-order valence-corrected chi connectivity index (χ1v) is 8.20. The van der Waals surface area contributed by atoms with Crippen molar-refractivity contribution in [2.24, 2.45) is 0 Å². The molecule has 1 aliphatic rings. The molecular weight excluding hydrogens is 244 g/mol. The van der Waals surface area contributed by atoms with E-state index < -0.39 is 0 Å². The summed E-state index contributed by atoms with van der Waals surface area (Å²) in [6, 6.07) is 11.8. The van der Waals surface area contributed by atoms with Crippen LogP contribution in [0.15, 0.2) is 30.3 Å². The van der Waals surface area contributed by atoms with Crippen LogP contribution in [0.4, 0.5) is 0 Å². The number of benzene rings is 1. The third-order valence-corrected chi connectivity index (χ3v) is 4.76. The fourth-order valence-corrected chi connectivity index (χ4v) is 3.50. The van der Waals surface area contributed by atoms with Crippen LogP contribution in [0.2, 0.25) is 0 Å². The average Bonchev–Trinajstić information content (AvgIpc) is 2.93. The van der Waals surface area contributed by atoms with E-state index in [4.69, 9.17) is 0 Å². The minimum atomic E-state index is 0.203. The SMILES string of the molecule is CCNCC(C)(CN1CCCC1CC)c1ccccc1. The van der Waals surface area contributed by atoms with Gasteiger partial charge in [-0.1, -0.05) is 51.1 Å². The second kappa shape index (κ2) is 7.24. The standard InChI is InChI=1S/C18H30N2/c1-4-17-12-9-13-20(17)15-18(3,14-19-5-2)16-10-7-6-8-11-16/h6-8,10-11,17,19H,4-5,9,12-15H2,1-3H3. The molecule has 1 aromatic rings. The van der Waals surface area contributed by atoms with E-state index >= 15 is 0 Å². The molecule has 1 heterocycles. The van der Waals surface area contributed by atoms with Gasteiger partial charge in [0.1, 0.15) is 0 Å². The monoisotopic (exact) mass is 274 g/mol. The van der Waals surface area contributed by atoms with Crippen LogP contribution in [0.1, 0.15) is 45.6 Å². The quantitative estimate of drug-likeness (QED) is 0.819. The highest BCUT2D eigenvalue weighted by Crippen LogP contribution is 2.29. The summed E-state index contributed by atoms with van der Waals surface area (Å²) in [4.78, 5) is 2.71. The van der Waals surface area contributed by atoms with Gasteiger partial charge in [0.25, 0.3) is 0 Å². The summed E-state index contributed by atoms with van der Waals surface area (Å²) < 4.78 is 0. The maximum absolute atomic E-state index is 3.57. The summed E-state index contributed by atoms with van der Waals surface area (Å²) >= 11 is 0. The second-order valence-electron chi connectivity index (χ2n) is 6.38. The zero-order valence-corrected chi connectivity index (χ0v) is 13.4. The van der Waals surface area contributed by atoms with Gasteiger partial charge < -0.3 is 5.32 Å². The van der Waals surface area contributed by atoms with Crippen molar-refractivity contribution in [2.45, 2.75) is 51.5 Å². The predicted octanol–water partition coefficient (Wildman–Crippen LogP) is 3.43. The number of hydrogen-bond donors (Lipinski definition) is 1. The highest BCUT2D eigenvalue weighted by molar-refractivity contribution is 5.26. The zero-order chi connectivity index (χ0) is 14.4. The molecule has 1 fully saturated rings. The first-order valence-electron chi connectivity index (χ1n) is 8.20. The molecule has 1 aromatic carbocycles. The van der Waals surface area contributed by atoms with Crippen LogP contribution in [-0.4, -0.2) is 37.1 Å². The van der Waals surface area contributed by atoms with Crippen molar-refractivity contribution in [1.82, 2.24) is 10.2 Å². The molecule has 2 unspecified atom stereocenters. The van der Waals surface area contributed by atoms with E-state index in [0.717, 1.165) is 19.1 Å². The minimum Gasteiger partial charge on any atom is -0.316 e. The molecule has 2 atom stereocenters. The van der Waals surface area contributed by atoms with Crippen LogP contribution in [0, 0.1) is 0 Å². The molecule has 0 saturated carbocycles. The number of likely N-dealkylation sites (tertiary alicyclic amines) is 1. The lowest BCUT2D eigenvalue weighted by molar-refractivity contribution is 0.193. The van der Waals surface area contributed by atoms with E-state index in [0.29, 0.717) is 0 Å². The summed E-state index contributed by atoms with van der Waals surface area (Å²) in [7, 11) is 0. The molecule has 1 N–H and O–H groups in total. The van der Waals surface area contributed by atoms with Crippen molar-refractivity contribution in [1.29, 1.82) is 0 Å². The first-order chi connectivity index (χ1) is 9.69. The molecule has 112 valence electrons. The third-order valence-electron chi connectivity index (χ3n) is 4.76. The molecule has 0 amide bonds. The summed E-state index contributed by atoms with van der Waals surface area (Å²) in [5.41, 5.74) is 1.66. The Morgan fingerprint density at radius 1 is 1.25 bits per heavy atom. The summed E-state index contributed by atoms with van der Waals surface area (Å²) in [5, 5.41) is 3.57. The Kier molecular flexibility index (Phi) is 5.62. The van der Waals surface area contributed by atoms with Crippen LogP contribution >= 0.6 is 0 Å². The Hall–Kier alpha value is -0.860. The molecule has 2 rings (SSSR count). The van der Waals surface area contributed by atoms with Gasteiger partial charge in [-0.15, -0.1) is 0 Å². The highest BCUT2D eigenvalue weighted by Gasteiger charge is 2.33. The van der Waals surface area contributed by atoms with Crippen LogP contribution < -0.4 is 5.32 Å². The molecule has 2 heteroatoms. The van der Waals surface area contributed by atoms with Crippen molar-refractivity contribution in [3.63, 3.8) is 0 Å². The van der Waals surface area contributed by atoms with Crippen LogP contribution in [0.25, 0.3) is 0 Å². The van der Waals surface area contributed by atoms with Gasteiger partial charge in [-0.3, -0.25) is 4.90 Å². The van der Waals surface area contributed by atoms with Gasteiger partial charge in [0.15, 0.2) is 0 Å². The number of hydrogen-bond acceptors (Lipinski definition) is 2. The van der Waals surface area contributed by atoms with Gasteiger partial charge in [-0.25, -0.2) is 0 Å². The Labute approximate surface area is 124 Å². The molecule has 0 aromatic heterocycles. The van der Waals surface area contributed by atoms with Crippen molar-refractivity contribution < 1.29 is 0 Å². The maximum Gasteiger partial charge on any atom is 0.0177 e. The van der Waals surface area contributed by atoms with E-state index in [-0.39, 0.29) is 5.41 Å². The first kappa shape index (κ1) is 15.5. The minimum absolute atomic E-state index is 0.203. The van der Waals surface area contributed by atoms with Gasteiger partial charge in [-0.05, 0) is 37.9 Å². The lowest BCUT2D eigenvalue weighted by atomic mass is 9.81. The fourth-order valence-electron chi connectivity index (χ4n) is 3.50. The average molecular weight is 274 g/mol. The van der Waals surface area contributed by atoms with Crippen molar-refractivity contribution >= 4 is 0 Å². The van der Waals surface area contributed by atoms with Crippen molar-refractivity contribution in [3.05, 3.63) is 35.9 Å². The number of likely N-dealkylation sites (N-methyl/N-ethyl adjacent to an activating group) is 1. The summed E-state index contributed by atoms with van der Waals surface area (Å²) in [5.74, 6) is 0. The number of nitrogens with zero attached hydrogens (tertiary/aromatic N) is 1. The largest absolute Gasteiger partial charge is 0.316 e. The molecule has 0 spiro atoms. The number of rotatable bonds is 7. The normalized spacial score (nSPS) is 22.9. The van der Waals surface area contributed by atoms with Gasteiger partial charge in [0.05, 0.1) is 0 Å². The molecule has 0 bridgehead atoms. The Morgan fingerprint density at radius 3 is 2.65 bits per heavy atom. The highest BCUT2D eigenvalue weighted by atomic mass is 15.2. The maximum atomic E-state index is 3.57. The van der Waals surface area contributed by atoms with E-state index in [1.54, 1.807) is 0 Å². The Bertz CT molecular complexity index is 390. The Balaban J connectivity index is 2.14. The van der Waals surface area contributed by atoms with Crippen LogP contribution in [0.5, 0.6) is 0 Å². The van der Waals surface area contributed by atoms with Crippen LogP contribution in [-0.2, 0) is 5.41 Å². The smallest absolute Gasteiger partial charge is 0.0177 e. The van der Waals surface area contributed by atoms with Gasteiger partial charge in [-0.2, -0.15) is 0 Å². The van der Waals surface area contributed by atoms with Gasteiger partial charge >= 0.3 is 0 Å². The molecule has 1 saturated heterocycles. The fraction of sp³-hybridized carbons (Fsp3) is 0.667. The topological polar surface area (TPSA) is 15.3 Å². The second-order valence-corrected chi connectivity index (χ2v) is 6.38. The van der Waals surface area contributed by atoms with Crippen LogP contribution in [0.3, 0.4) is 0 Å². The lowest BCUT2D eigenvalue weighted by Gasteiger charge is -2.37. The third kappa shape index (κ3) is 3.62. The molecule has 0 aliphatic carbocycles.